The maximum absolute atomic E-state index is 13.6. The largest absolute Gasteiger partial charge is 0.461 e. The number of esters is 1. The Hall–Kier alpha value is -1.01. The van der Waals surface area contributed by atoms with Gasteiger partial charge in [-0.25, -0.2) is 13.6 Å². The van der Waals surface area contributed by atoms with Crippen molar-refractivity contribution in [3.8, 4) is 0 Å². The van der Waals surface area contributed by atoms with Gasteiger partial charge < -0.3 is 10.5 Å². The van der Waals surface area contributed by atoms with Gasteiger partial charge >= 0.3 is 5.97 Å². The molecule has 0 heterocycles. The summed E-state index contributed by atoms with van der Waals surface area (Å²) >= 11 is 3.30. The van der Waals surface area contributed by atoms with Crippen LogP contribution in [0.3, 0.4) is 0 Å². The predicted octanol–water partition coefficient (Wildman–Crippen LogP) is 3.99. The highest BCUT2D eigenvalue weighted by Crippen LogP contribution is 2.64. The zero-order valence-corrected chi connectivity index (χ0v) is 14.4. The molecule has 6 heteroatoms. The van der Waals surface area contributed by atoms with Crippen LogP contribution in [0.1, 0.15) is 39.2 Å². The van der Waals surface area contributed by atoms with Crippen LogP contribution in [0.15, 0.2) is 28.7 Å². The summed E-state index contributed by atoms with van der Waals surface area (Å²) in [6.07, 6.45) is -0.775. The molecule has 0 bridgehead atoms. The van der Waals surface area contributed by atoms with E-state index in [0.29, 0.717) is 5.56 Å². The summed E-state index contributed by atoms with van der Waals surface area (Å²) in [6.45, 7) is 4.86. The number of hydrogen-bond donors (Lipinski definition) is 1. The molecule has 1 aromatic carbocycles. The number of benzene rings is 1. The lowest BCUT2D eigenvalue weighted by molar-refractivity contribution is -0.156. The van der Waals surface area contributed by atoms with Crippen LogP contribution < -0.4 is 5.73 Å². The second-order valence-electron chi connectivity index (χ2n) is 6.55. The van der Waals surface area contributed by atoms with Crippen molar-refractivity contribution in [2.75, 3.05) is 0 Å². The van der Waals surface area contributed by atoms with Crippen molar-refractivity contribution < 1.29 is 18.3 Å². The Morgan fingerprint density at radius 3 is 2.32 bits per heavy atom. The third kappa shape index (κ3) is 3.18. The highest BCUT2D eigenvalue weighted by molar-refractivity contribution is 9.10. The molecule has 0 spiro atoms. The van der Waals surface area contributed by atoms with Gasteiger partial charge in [0.15, 0.2) is 0 Å². The van der Waals surface area contributed by atoms with Crippen molar-refractivity contribution in [2.24, 2.45) is 11.1 Å². The summed E-state index contributed by atoms with van der Waals surface area (Å²) in [5.74, 6) is -3.46. The van der Waals surface area contributed by atoms with Gasteiger partial charge in [-0.15, -0.1) is 0 Å². The minimum absolute atomic E-state index is 0.153. The van der Waals surface area contributed by atoms with Crippen molar-refractivity contribution in [3.63, 3.8) is 0 Å². The molecule has 1 aliphatic carbocycles. The quantitative estimate of drug-likeness (QED) is 0.791. The number of carbonyl (C=O) groups excluding carboxylic acids is 1. The molecule has 2 rings (SSSR count). The molecule has 0 saturated heterocycles. The SMILES string of the molecule is CC(C)OC(=O)C(N)(C[C@@]1(C)CC1(F)F)c1ccc(Br)cc1. The lowest BCUT2D eigenvalue weighted by Gasteiger charge is -2.31. The molecule has 1 aliphatic rings. The maximum Gasteiger partial charge on any atom is 0.331 e. The van der Waals surface area contributed by atoms with Crippen LogP contribution in [0.2, 0.25) is 0 Å². The zero-order chi connectivity index (χ0) is 16.8. The first-order valence-corrected chi connectivity index (χ1v) is 7.93. The molecule has 2 atom stereocenters. The smallest absolute Gasteiger partial charge is 0.331 e. The molecule has 2 N–H and O–H groups in total. The van der Waals surface area contributed by atoms with Crippen LogP contribution in [0.25, 0.3) is 0 Å². The van der Waals surface area contributed by atoms with Crippen molar-refractivity contribution in [1.29, 1.82) is 0 Å². The number of nitrogens with two attached hydrogens (primary N) is 1. The van der Waals surface area contributed by atoms with E-state index in [4.69, 9.17) is 10.5 Å². The fourth-order valence-corrected chi connectivity index (χ4v) is 2.88. The third-order valence-electron chi connectivity index (χ3n) is 4.11. The molecular formula is C16H20BrF2NO2. The summed E-state index contributed by atoms with van der Waals surface area (Å²) in [6, 6.07) is 6.78. The van der Waals surface area contributed by atoms with Gasteiger partial charge in [0.05, 0.1) is 6.10 Å². The Morgan fingerprint density at radius 2 is 1.91 bits per heavy atom. The topological polar surface area (TPSA) is 52.3 Å². The molecule has 22 heavy (non-hydrogen) atoms. The first-order valence-electron chi connectivity index (χ1n) is 7.14. The Morgan fingerprint density at radius 1 is 1.41 bits per heavy atom. The Kier molecular flexibility index (Phi) is 4.39. The molecule has 3 nitrogen and oxygen atoms in total. The number of halogens is 3. The summed E-state index contributed by atoms with van der Waals surface area (Å²) in [4.78, 5) is 12.5. The van der Waals surface area contributed by atoms with Crippen LogP contribution >= 0.6 is 15.9 Å². The van der Waals surface area contributed by atoms with Gasteiger partial charge in [0, 0.05) is 16.3 Å². The van der Waals surface area contributed by atoms with E-state index in [1.54, 1.807) is 38.1 Å². The van der Waals surface area contributed by atoms with E-state index in [1.807, 2.05) is 0 Å². The maximum atomic E-state index is 13.6. The summed E-state index contributed by atoms with van der Waals surface area (Å²) in [7, 11) is 0. The molecular weight excluding hydrogens is 356 g/mol. The molecule has 0 aliphatic heterocycles. The van der Waals surface area contributed by atoms with Crippen LogP contribution in [0.5, 0.6) is 0 Å². The summed E-state index contributed by atoms with van der Waals surface area (Å²) in [5, 5.41) is 0. The summed E-state index contributed by atoms with van der Waals surface area (Å²) < 4.78 is 33.2. The number of rotatable bonds is 5. The van der Waals surface area contributed by atoms with Crippen LogP contribution in [-0.2, 0) is 15.1 Å². The lowest BCUT2D eigenvalue weighted by Crippen LogP contribution is -2.49. The average Bonchev–Trinajstić information content (AvgIpc) is 2.86. The molecule has 0 aromatic heterocycles. The fourth-order valence-electron chi connectivity index (χ4n) is 2.61. The van der Waals surface area contributed by atoms with E-state index >= 15 is 0 Å². The molecule has 1 saturated carbocycles. The van der Waals surface area contributed by atoms with Crippen molar-refractivity contribution in [1.82, 2.24) is 0 Å². The van der Waals surface area contributed by atoms with Crippen LogP contribution in [0.4, 0.5) is 8.78 Å². The van der Waals surface area contributed by atoms with Gasteiger partial charge in [0.25, 0.3) is 5.92 Å². The monoisotopic (exact) mass is 375 g/mol. The van der Waals surface area contributed by atoms with Crippen LogP contribution in [0, 0.1) is 5.41 Å². The second kappa shape index (κ2) is 5.57. The molecule has 0 amide bonds. The van der Waals surface area contributed by atoms with Crippen molar-refractivity contribution in [3.05, 3.63) is 34.3 Å². The van der Waals surface area contributed by atoms with E-state index in [2.05, 4.69) is 15.9 Å². The number of carbonyl (C=O) groups is 1. The predicted molar refractivity (Wildman–Crippen MR) is 83.5 cm³/mol. The first kappa shape index (κ1) is 17.3. The zero-order valence-electron chi connectivity index (χ0n) is 12.8. The van der Waals surface area contributed by atoms with E-state index in [0.717, 1.165) is 4.47 Å². The van der Waals surface area contributed by atoms with E-state index in [9.17, 15) is 13.6 Å². The highest BCUT2D eigenvalue weighted by atomic mass is 79.9. The Labute approximate surface area is 137 Å². The summed E-state index contributed by atoms with van der Waals surface area (Å²) in [5.41, 5.74) is 3.91. The average molecular weight is 376 g/mol. The number of alkyl halides is 2. The fraction of sp³-hybridized carbons (Fsp3) is 0.562. The minimum atomic E-state index is -2.79. The first-order chi connectivity index (χ1) is 10.0. The normalized spacial score (nSPS) is 25.6. The molecule has 1 aromatic rings. The van der Waals surface area contributed by atoms with Gasteiger partial charge in [0.1, 0.15) is 5.54 Å². The second-order valence-corrected chi connectivity index (χ2v) is 7.47. The van der Waals surface area contributed by atoms with Gasteiger partial charge in [-0.1, -0.05) is 35.0 Å². The van der Waals surface area contributed by atoms with Crippen molar-refractivity contribution in [2.45, 2.75) is 51.2 Å². The van der Waals surface area contributed by atoms with Gasteiger partial charge in [-0.2, -0.15) is 0 Å². The Bertz CT molecular complexity index is 576. The van der Waals surface area contributed by atoms with Crippen LogP contribution in [-0.4, -0.2) is 18.0 Å². The van der Waals surface area contributed by atoms with E-state index < -0.39 is 22.8 Å². The van der Waals surface area contributed by atoms with Crippen molar-refractivity contribution >= 4 is 21.9 Å². The van der Waals surface area contributed by atoms with Gasteiger partial charge in [-0.3, -0.25) is 0 Å². The highest BCUT2D eigenvalue weighted by Gasteiger charge is 2.70. The Balaban J connectivity index is 2.36. The van der Waals surface area contributed by atoms with E-state index in [-0.39, 0.29) is 18.9 Å². The number of ether oxygens (including phenoxy) is 1. The third-order valence-corrected chi connectivity index (χ3v) is 4.63. The standard InChI is InChI=1S/C16H20BrF2NO2/c1-10(2)22-13(21)15(20,8-14(3)9-16(14,18)19)11-4-6-12(17)7-5-11/h4-7,10H,8-9,20H2,1-3H3/t14-,15?/m0/s1. The van der Waals surface area contributed by atoms with E-state index in [1.165, 1.54) is 6.92 Å². The molecule has 1 unspecified atom stereocenters. The molecule has 1 fully saturated rings. The molecule has 0 radical (unpaired) electrons. The minimum Gasteiger partial charge on any atom is -0.461 e. The number of hydrogen-bond acceptors (Lipinski definition) is 3. The van der Waals surface area contributed by atoms with Gasteiger partial charge in [-0.05, 0) is 38.0 Å². The lowest BCUT2D eigenvalue weighted by atomic mass is 9.81. The molecule has 122 valence electrons. The van der Waals surface area contributed by atoms with Gasteiger partial charge in [0.2, 0.25) is 0 Å².